The molecule has 1 aromatic heterocycles. The summed E-state index contributed by atoms with van der Waals surface area (Å²) in [5.41, 5.74) is 4.84. The Balaban J connectivity index is 2.21. The number of benzene rings is 4. The topological polar surface area (TPSA) is 8.81 Å². The molecular formula is C28H25N2+. The van der Waals surface area contributed by atoms with Crippen molar-refractivity contribution < 1.29 is 4.57 Å². The van der Waals surface area contributed by atoms with Crippen molar-refractivity contribution >= 4 is 32.6 Å². The Morgan fingerprint density at radius 1 is 0.567 bits per heavy atom. The third-order valence-electron chi connectivity index (χ3n) is 6.08. The second kappa shape index (κ2) is 7.31. The van der Waals surface area contributed by atoms with Gasteiger partial charge < -0.3 is 0 Å². The highest BCUT2D eigenvalue weighted by atomic mass is 15.1. The fourth-order valence-electron chi connectivity index (χ4n) is 4.46. The van der Waals surface area contributed by atoms with Gasteiger partial charge in [0.1, 0.15) is 16.7 Å². The van der Waals surface area contributed by atoms with Crippen LogP contribution in [0.25, 0.3) is 38.3 Å². The average molecular weight is 390 g/mol. The molecule has 5 aromatic rings. The lowest BCUT2D eigenvalue weighted by atomic mass is 10.0. The molecule has 0 aliphatic carbocycles. The molecule has 2 nitrogen and oxygen atoms in total. The predicted octanol–water partition coefficient (Wildman–Crippen LogP) is 6.50. The molecule has 0 aliphatic heterocycles. The summed E-state index contributed by atoms with van der Waals surface area (Å²) in [6.45, 7) is 4.38. The van der Waals surface area contributed by atoms with E-state index in [0.29, 0.717) is 0 Å². The summed E-state index contributed by atoms with van der Waals surface area (Å²) in [6.07, 6.45) is 0. The van der Waals surface area contributed by atoms with Crippen LogP contribution in [0, 0.1) is 13.8 Å². The van der Waals surface area contributed by atoms with E-state index in [1.807, 2.05) is 0 Å². The standard InChI is InChI=1S/C28H25N2/c1-20-12-4-9-17-26(20)30-21(2)29(3)27-18-10-7-15-24(27)22-13-5-6-14-23(22)25-16-8-11-19-28(25)30/h4-19H,1-3H3/q+1. The Morgan fingerprint density at radius 2 is 1.10 bits per heavy atom. The van der Waals surface area contributed by atoms with Crippen LogP contribution >= 0.6 is 0 Å². The van der Waals surface area contributed by atoms with Gasteiger partial charge in [0.25, 0.3) is 5.82 Å². The molecule has 146 valence electrons. The maximum atomic E-state index is 2.39. The zero-order chi connectivity index (χ0) is 20.7. The predicted molar refractivity (Wildman–Crippen MR) is 127 cm³/mol. The molecule has 0 spiro atoms. The third-order valence-corrected chi connectivity index (χ3v) is 6.08. The number of rotatable bonds is 1. The molecule has 30 heavy (non-hydrogen) atoms. The Kier molecular flexibility index (Phi) is 4.48. The fraction of sp³-hybridized carbons (Fsp3) is 0.107. The Hall–Kier alpha value is -3.65. The van der Waals surface area contributed by atoms with Crippen LogP contribution in [0.3, 0.4) is 0 Å². The Morgan fingerprint density at radius 3 is 1.83 bits per heavy atom. The first kappa shape index (κ1) is 18.4. The summed E-state index contributed by atoms with van der Waals surface area (Å²) in [4.78, 5) is 0. The van der Waals surface area contributed by atoms with Gasteiger partial charge in [-0.1, -0.05) is 78.9 Å². The molecule has 0 amide bonds. The van der Waals surface area contributed by atoms with E-state index >= 15 is 0 Å². The average Bonchev–Trinajstić information content (AvgIpc) is 2.82. The van der Waals surface area contributed by atoms with Crippen LogP contribution in [0.1, 0.15) is 11.4 Å². The zero-order valence-corrected chi connectivity index (χ0v) is 17.6. The van der Waals surface area contributed by atoms with E-state index in [9.17, 15) is 0 Å². The van der Waals surface area contributed by atoms with Crippen molar-refractivity contribution in [3.63, 3.8) is 0 Å². The van der Waals surface area contributed by atoms with E-state index in [0.717, 1.165) is 5.82 Å². The van der Waals surface area contributed by atoms with Gasteiger partial charge in [-0.2, -0.15) is 4.57 Å². The molecule has 0 fully saturated rings. The summed E-state index contributed by atoms with van der Waals surface area (Å²) in [7, 11) is 2.16. The summed E-state index contributed by atoms with van der Waals surface area (Å²) < 4.78 is 4.70. The van der Waals surface area contributed by atoms with Crippen LogP contribution in [0.15, 0.2) is 97.1 Å². The molecular weight excluding hydrogens is 364 g/mol. The van der Waals surface area contributed by atoms with Gasteiger partial charge in [-0.15, -0.1) is 0 Å². The lowest BCUT2D eigenvalue weighted by Crippen LogP contribution is -2.35. The summed E-state index contributed by atoms with van der Waals surface area (Å²) in [6, 6.07) is 34.8. The number of aromatic nitrogens is 2. The van der Waals surface area contributed by atoms with Crippen molar-refractivity contribution in [2.45, 2.75) is 13.8 Å². The molecule has 0 atom stereocenters. The van der Waals surface area contributed by atoms with Crippen LogP contribution in [0.5, 0.6) is 0 Å². The molecule has 0 bridgehead atoms. The first-order valence-corrected chi connectivity index (χ1v) is 10.4. The third kappa shape index (κ3) is 2.84. The van der Waals surface area contributed by atoms with Crippen molar-refractivity contribution in [3.05, 3.63) is 108 Å². The second-order valence-electron chi connectivity index (χ2n) is 7.81. The molecule has 1 heterocycles. The number of nitrogens with zero attached hydrogens (tertiary/aromatic N) is 2. The molecule has 0 radical (unpaired) electrons. The first-order chi connectivity index (χ1) is 14.7. The zero-order valence-electron chi connectivity index (χ0n) is 17.6. The molecule has 0 saturated carbocycles. The number of hydrogen-bond donors (Lipinski definition) is 0. The van der Waals surface area contributed by atoms with E-state index in [1.54, 1.807) is 0 Å². The minimum absolute atomic E-state index is 1.16. The number of para-hydroxylation sites is 3. The van der Waals surface area contributed by atoms with E-state index in [2.05, 4.69) is 127 Å². The second-order valence-corrected chi connectivity index (χ2v) is 7.81. The molecule has 0 N–H and O–H groups in total. The first-order valence-electron chi connectivity index (χ1n) is 10.4. The molecule has 4 aromatic carbocycles. The lowest BCUT2D eigenvalue weighted by Gasteiger charge is -2.10. The Labute approximate surface area is 177 Å². The fourth-order valence-corrected chi connectivity index (χ4v) is 4.46. The van der Waals surface area contributed by atoms with Crippen molar-refractivity contribution in [2.75, 3.05) is 0 Å². The van der Waals surface area contributed by atoms with Crippen molar-refractivity contribution in [2.24, 2.45) is 7.05 Å². The van der Waals surface area contributed by atoms with Gasteiger partial charge in [0, 0.05) is 17.7 Å². The van der Waals surface area contributed by atoms with E-state index < -0.39 is 0 Å². The molecule has 0 saturated heterocycles. The van der Waals surface area contributed by atoms with Crippen LogP contribution in [0.4, 0.5) is 0 Å². The van der Waals surface area contributed by atoms with Gasteiger partial charge in [0.2, 0.25) is 0 Å². The van der Waals surface area contributed by atoms with Gasteiger partial charge in [-0.3, -0.25) is 0 Å². The minimum Gasteiger partial charge on any atom is -0.233 e. The SMILES string of the molecule is Cc1ccccc1-n1c(C)[n+](C)c2ccccc2c2ccccc2c2ccccc21. The van der Waals surface area contributed by atoms with Gasteiger partial charge in [-0.25, -0.2) is 4.57 Å². The van der Waals surface area contributed by atoms with Gasteiger partial charge in [0.15, 0.2) is 0 Å². The highest BCUT2D eigenvalue weighted by Crippen LogP contribution is 2.29. The van der Waals surface area contributed by atoms with Crippen LogP contribution < -0.4 is 4.57 Å². The maximum Gasteiger partial charge on any atom is 0.258 e. The molecule has 5 rings (SSSR count). The summed E-state index contributed by atoms with van der Waals surface area (Å²) in [5.74, 6) is 1.16. The molecule has 2 heteroatoms. The van der Waals surface area contributed by atoms with Crippen molar-refractivity contribution in [3.8, 4) is 5.69 Å². The van der Waals surface area contributed by atoms with Crippen molar-refractivity contribution in [1.29, 1.82) is 0 Å². The Bertz CT molecular complexity index is 1470. The highest BCUT2D eigenvalue weighted by molar-refractivity contribution is 6.12. The van der Waals surface area contributed by atoms with Gasteiger partial charge in [-0.05, 0) is 41.5 Å². The summed E-state index contributed by atoms with van der Waals surface area (Å²) >= 11 is 0. The van der Waals surface area contributed by atoms with E-state index in [1.165, 1.54) is 43.8 Å². The monoisotopic (exact) mass is 389 g/mol. The maximum absolute atomic E-state index is 2.39. The highest BCUT2D eigenvalue weighted by Gasteiger charge is 2.17. The number of aryl methyl sites for hydroxylation is 2. The lowest BCUT2D eigenvalue weighted by molar-refractivity contribution is -0.654. The van der Waals surface area contributed by atoms with E-state index in [4.69, 9.17) is 0 Å². The number of fused-ring (bicyclic) bond motifs is 5. The van der Waals surface area contributed by atoms with Gasteiger partial charge in [0.05, 0.1) is 7.05 Å². The normalized spacial score (nSPS) is 11.2. The van der Waals surface area contributed by atoms with E-state index in [-0.39, 0.29) is 0 Å². The smallest absolute Gasteiger partial charge is 0.233 e. The van der Waals surface area contributed by atoms with Crippen LogP contribution in [-0.2, 0) is 7.05 Å². The van der Waals surface area contributed by atoms with Crippen molar-refractivity contribution in [1.82, 2.24) is 4.57 Å². The molecule has 0 unspecified atom stereocenters. The molecule has 0 aliphatic rings. The quantitative estimate of drug-likeness (QED) is 0.289. The minimum atomic E-state index is 1.16. The van der Waals surface area contributed by atoms with Crippen LogP contribution in [0.2, 0.25) is 0 Å². The van der Waals surface area contributed by atoms with Gasteiger partial charge >= 0.3 is 0 Å². The number of hydrogen-bond acceptors (Lipinski definition) is 0. The largest absolute Gasteiger partial charge is 0.258 e. The summed E-state index contributed by atoms with van der Waals surface area (Å²) in [5, 5.41) is 4.99. The van der Waals surface area contributed by atoms with Crippen LogP contribution in [-0.4, -0.2) is 4.57 Å².